The summed E-state index contributed by atoms with van der Waals surface area (Å²) in [6.45, 7) is 4.46. The highest BCUT2D eigenvalue weighted by molar-refractivity contribution is 6.39. The van der Waals surface area contributed by atoms with Crippen LogP contribution in [0.25, 0.3) is 43.1 Å². The van der Waals surface area contributed by atoms with Crippen molar-refractivity contribution in [2.75, 3.05) is 13.2 Å². The van der Waals surface area contributed by atoms with Crippen molar-refractivity contribution in [2.24, 2.45) is 0 Å². The highest BCUT2D eigenvalue weighted by Crippen LogP contribution is 2.45. The molecule has 5 aromatic carbocycles. The topological polar surface area (TPSA) is 86.7 Å². The number of hydrogen-bond acceptors (Lipinski definition) is 6. The first-order valence-electron chi connectivity index (χ1n) is 13.2. The highest BCUT2D eigenvalue weighted by atomic mass is 16.5. The van der Waals surface area contributed by atoms with Gasteiger partial charge in [-0.15, -0.1) is 0 Å². The molecule has 6 heteroatoms. The summed E-state index contributed by atoms with van der Waals surface area (Å²) >= 11 is 0. The van der Waals surface area contributed by atoms with Gasteiger partial charge >= 0.3 is 0 Å². The number of benzene rings is 5. The van der Waals surface area contributed by atoms with E-state index in [2.05, 4.69) is 0 Å². The van der Waals surface area contributed by atoms with Crippen LogP contribution in [0.3, 0.4) is 0 Å². The van der Waals surface area contributed by atoms with E-state index in [0.29, 0.717) is 68.2 Å². The molecule has 6 nitrogen and oxygen atoms in total. The van der Waals surface area contributed by atoms with Gasteiger partial charge in [-0.1, -0.05) is 24.3 Å². The van der Waals surface area contributed by atoms with E-state index in [1.54, 1.807) is 12.1 Å². The zero-order valence-corrected chi connectivity index (χ0v) is 21.8. The summed E-state index contributed by atoms with van der Waals surface area (Å²) in [7, 11) is 0. The lowest BCUT2D eigenvalue weighted by Crippen LogP contribution is -2.14. The van der Waals surface area contributed by atoms with Crippen LogP contribution in [-0.2, 0) is 0 Å². The Bertz CT molecular complexity index is 1940. The molecule has 0 aliphatic heterocycles. The Morgan fingerprint density at radius 2 is 0.875 bits per heavy atom. The third-order valence-electron chi connectivity index (χ3n) is 7.68. The Labute approximate surface area is 228 Å². The number of hydrogen-bond donors (Lipinski definition) is 0. The summed E-state index contributed by atoms with van der Waals surface area (Å²) in [5.74, 6) is -0.115. The van der Waals surface area contributed by atoms with Crippen LogP contribution in [0, 0.1) is 0 Å². The molecule has 0 saturated carbocycles. The fourth-order valence-corrected chi connectivity index (χ4v) is 6.09. The predicted molar refractivity (Wildman–Crippen MR) is 154 cm³/mol. The first-order chi connectivity index (χ1) is 19.4. The molecule has 2 aliphatic carbocycles. The van der Waals surface area contributed by atoms with Crippen molar-refractivity contribution in [1.29, 1.82) is 0 Å². The largest absolute Gasteiger partial charge is 0.493 e. The molecule has 0 bridgehead atoms. The first-order valence-corrected chi connectivity index (χ1v) is 13.2. The Morgan fingerprint density at radius 1 is 0.500 bits per heavy atom. The number of rotatable bonds is 4. The lowest BCUT2D eigenvalue weighted by molar-refractivity contribution is 0.0995. The molecule has 0 atom stereocenters. The molecule has 5 aromatic rings. The average molecular weight is 527 g/mol. The maximum atomic E-state index is 13.4. The molecule has 0 heterocycles. The number of ether oxygens (including phenoxy) is 2. The number of ketones is 4. The Morgan fingerprint density at radius 3 is 1.27 bits per heavy atom. The van der Waals surface area contributed by atoms with Crippen molar-refractivity contribution in [3.63, 3.8) is 0 Å². The molecule has 0 radical (unpaired) electrons. The fraction of sp³-hybridized carbons (Fsp3) is 0.118. The van der Waals surface area contributed by atoms with Gasteiger partial charge in [-0.2, -0.15) is 0 Å². The van der Waals surface area contributed by atoms with Crippen LogP contribution in [0.4, 0.5) is 0 Å². The third-order valence-corrected chi connectivity index (χ3v) is 7.68. The van der Waals surface area contributed by atoms with Gasteiger partial charge in [0.05, 0.1) is 13.2 Å². The van der Waals surface area contributed by atoms with E-state index in [1.165, 1.54) is 24.3 Å². The predicted octanol–water partition coefficient (Wildman–Crippen LogP) is 6.97. The number of fused-ring (bicyclic) bond motifs is 11. The van der Waals surface area contributed by atoms with Crippen molar-refractivity contribution < 1.29 is 28.7 Å². The smallest absolute Gasteiger partial charge is 0.187 e. The number of carbonyl (C=O) groups is 4. The van der Waals surface area contributed by atoms with Gasteiger partial charge in [-0.3, -0.25) is 19.2 Å². The molecule has 0 N–H and O–H groups in total. The molecule has 194 valence electrons. The van der Waals surface area contributed by atoms with E-state index in [9.17, 15) is 19.2 Å². The summed E-state index contributed by atoms with van der Waals surface area (Å²) in [6, 6.07) is 14.9. The Balaban J connectivity index is 1.82. The summed E-state index contributed by atoms with van der Waals surface area (Å²) in [6.07, 6.45) is 5.17. The standard InChI is InChI=1S/C34H22O6/c1-3-39-27-15-21-23(35)11-13-25(37)31(21)33-19(27)9-7-17-5-6-18-8-10-20-28(40-4-2)16-22-24(36)12-14-26(38)32(22)34(20)30(18)29(17)33/h5-16H,3-4H2,1-2H3. The fourth-order valence-electron chi connectivity index (χ4n) is 6.09. The lowest BCUT2D eigenvalue weighted by atomic mass is 9.82. The average Bonchev–Trinajstić information content (AvgIpc) is 2.96. The van der Waals surface area contributed by atoms with Crippen molar-refractivity contribution in [3.05, 3.63) is 95.1 Å². The molecule has 0 spiro atoms. The SMILES string of the molecule is CCOc1cc2c(c3c1ccc1ccc4ccc5c(OCC)cc6c(c5c4c13)C(=O)C=CC6=O)C(=O)C=CC2=O. The molecule has 0 amide bonds. The molecule has 2 aliphatic rings. The molecular weight excluding hydrogens is 504 g/mol. The zero-order valence-electron chi connectivity index (χ0n) is 21.8. The third kappa shape index (κ3) is 3.22. The number of carbonyl (C=O) groups excluding carboxylic acids is 4. The van der Waals surface area contributed by atoms with Crippen LogP contribution < -0.4 is 9.47 Å². The second-order valence-electron chi connectivity index (χ2n) is 9.82. The summed E-state index contributed by atoms with van der Waals surface area (Å²) in [5.41, 5.74) is 1.16. The van der Waals surface area contributed by atoms with Crippen LogP contribution in [-0.4, -0.2) is 36.3 Å². The molecule has 0 saturated heterocycles. The quantitative estimate of drug-likeness (QED) is 0.235. The van der Waals surface area contributed by atoms with E-state index in [-0.39, 0.29) is 34.3 Å². The van der Waals surface area contributed by atoms with Gasteiger partial charge in [0.1, 0.15) is 11.5 Å². The summed E-state index contributed by atoms with van der Waals surface area (Å²) in [4.78, 5) is 52.9. The Kier molecular flexibility index (Phi) is 5.22. The molecular formula is C34H22O6. The van der Waals surface area contributed by atoms with E-state index >= 15 is 0 Å². The van der Waals surface area contributed by atoms with Gasteiger partial charge in [0, 0.05) is 43.8 Å². The van der Waals surface area contributed by atoms with Crippen LogP contribution in [0.15, 0.2) is 72.8 Å². The molecule has 40 heavy (non-hydrogen) atoms. The summed E-state index contributed by atoms with van der Waals surface area (Å²) < 4.78 is 11.9. The zero-order chi connectivity index (χ0) is 27.7. The van der Waals surface area contributed by atoms with E-state index in [4.69, 9.17) is 9.47 Å². The van der Waals surface area contributed by atoms with Gasteiger partial charge in [0.25, 0.3) is 0 Å². The maximum absolute atomic E-state index is 13.4. The van der Waals surface area contributed by atoms with Crippen molar-refractivity contribution in [2.45, 2.75) is 13.8 Å². The van der Waals surface area contributed by atoms with Crippen molar-refractivity contribution >= 4 is 66.2 Å². The van der Waals surface area contributed by atoms with Crippen molar-refractivity contribution in [3.8, 4) is 11.5 Å². The van der Waals surface area contributed by atoms with E-state index < -0.39 is 0 Å². The van der Waals surface area contributed by atoms with Gasteiger partial charge in [-0.05, 0) is 84.0 Å². The van der Waals surface area contributed by atoms with Gasteiger partial charge < -0.3 is 9.47 Å². The highest BCUT2D eigenvalue weighted by Gasteiger charge is 2.29. The van der Waals surface area contributed by atoms with E-state index in [0.717, 1.165) is 10.8 Å². The summed E-state index contributed by atoms with van der Waals surface area (Å²) in [5, 5.41) is 5.59. The normalized spacial score (nSPS) is 14.4. The van der Waals surface area contributed by atoms with Crippen LogP contribution in [0.1, 0.15) is 55.3 Å². The lowest BCUT2D eigenvalue weighted by Gasteiger charge is -2.21. The second kappa shape index (κ2) is 8.71. The Hall–Kier alpha value is -5.10. The minimum absolute atomic E-state index is 0.276. The van der Waals surface area contributed by atoms with Gasteiger partial charge in [0.15, 0.2) is 23.1 Å². The molecule has 0 aromatic heterocycles. The van der Waals surface area contributed by atoms with Crippen LogP contribution in [0.2, 0.25) is 0 Å². The van der Waals surface area contributed by atoms with Crippen LogP contribution in [0.5, 0.6) is 11.5 Å². The monoisotopic (exact) mass is 526 g/mol. The molecule has 7 rings (SSSR count). The number of allylic oxidation sites excluding steroid dienone is 4. The first kappa shape index (κ1) is 24.0. The van der Waals surface area contributed by atoms with Crippen LogP contribution >= 0.6 is 0 Å². The second-order valence-corrected chi connectivity index (χ2v) is 9.82. The van der Waals surface area contributed by atoms with Gasteiger partial charge in [0.2, 0.25) is 0 Å². The maximum Gasteiger partial charge on any atom is 0.187 e. The molecule has 0 fully saturated rings. The minimum atomic E-state index is -0.279. The van der Waals surface area contributed by atoms with Gasteiger partial charge in [-0.25, -0.2) is 0 Å². The molecule has 0 unspecified atom stereocenters. The van der Waals surface area contributed by atoms with E-state index in [1.807, 2.05) is 50.2 Å². The minimum Gasteiger partial charge on any atom is -0.493 e. The van der Waals surface area contributed by atoms with Crippen molar-refractivity contribution in [1.82, 2.24) is 0 Å².